The van der Waals surface area contributed by atoms with Gasteiger partial charge in [0.25, 0.3) is 0 Å². The second-order valence-electron chi connectivity index (χ2n) is 3.64. The molecule has 105 valence electrons. The van der Waals surface area contributed by atoms with Gasteiger partial charge in [0, 0.05) is 6.42 Å². The molecule has 0 unspecified atom stereocenters. The summed E-state index contributed by atoms with van der Waals surface area (Å²) < 4.78 is 4.88. The van der Waals surface area contributed by atoms with Crippen molar-refractivity contribution in [2.45, 2.75) is 25.9 Å². The molecule has 0 fully saturated rings. The minimum absolute atomic E-state index is 0. The molecule has 3 radical (unpaired) electrons. The Labute approximate surface area is 125 Å². The summed E-state index contributed by atoms with van der Waals surface area (Å²) in [6, 6.07) is 5.21. The van der Waals surface area contributed by atoms with Crippen LogP contribution in [0.3, 0.4) is 0 Å². The Kier molecular flexibility index (Phi) is 8.14. The summed E-state index contributed by atoms with van der Waals surface area (Å²) in [6.07, 6.45) is 0.253. The number of hydrogen-bond acceptors (Lipinski definition) is 5. The van der Waals surface area contributed by atoms with Crippen molar-refractivity contribution in [2.24, 2.45) is 4.99 Å². The molecule has 0 N–H and O–H groups in total. The van der Waals surface area contributed by atoms with Gasteiger partial charge in [0.05, 0.1) is 0 Å². The van der Waals surface area contributed by atoms with Crippen molar-refractivity contribution in [3.8, 4) is 5.75 Å². The van der Waals surface area contributed by atoms with E-state index in [4.69, 9.17) is 4.43 Å². The van der Waals surface area contributed by atoms with E-state index in [0.29, 0.717) is 0 Å². The van der Waals surface area contributed by atoms with E-state index in [9.17, 15) is 15.0 Å². The van der Waals surface area contributed by atoms with Crippen LogP contribution in [0.25, 0.3) is 0 Å². The van der Waals surface area contributed by atoms with Crippen LogP contribution in [0.2, 0.25) is 6.55 Å². The van der Waals surface area contributed by atoms with Gasteiger partial charge >= 0.3 is 32.8 Å². The maximum absolute atomic E-state index is 11.6. The first-order valence-electron chi connectivity index (χ1n) is 5.37. The van der Waals surface area contributed by atoms with Crippen LogP contribution >= 0.6 is 0 Å². The van der Waals surface area contributed by atoms with Crippen LogP contribution in [0.5, 0.6) is 5.75 Å². The molecular formula is C12H13CuNO4Si. The number of benzene rings is 1. The Morgan fingerprint density at radius 1 is 1.42 bits per heavy atom. The molecule has 1 aromatic carbocycles. The Balaban J connectivity index is 0.00000324. The summed E-state index contributed by atoms with van der Waals surface area (Å²) >= 11 is 0. The standard InChI is InChI=1S/C12H15NO4Si.Cu/c1-8(14)13-11(12(16)17-18-2)7-9-3-5-10(15)6-4-9;/h3-6,11,15H,7H2,1-2H3,(H,13,14);/q;+2/p-2/t11-;/m0./s1. The van der Waals surface area contributed by atoms with Gasteiger partial charge in [0.1, 0.15) is 6.04 Å². The predicted octanol–water partition coefficient (Wildman–Crippen LogP) is -0.342. The van der Waals surface area contributed by atoms with Crippen molar-refractivity contribution in [3.05, 3.63) is 29.8 Å². The van der Waals surface area contributed by atoms with Crippen molar-refractivity contribution in [2.75, 3.05) is 0 Å². The quantitative estimate of drug-likeness (QED) is 0.421. The van der Waals surface area contributed by atoms with E-state index in [1.807, 2.05) is 0 Å². The molecular weight excluding hydrogens is 314 g/mol. The summed E-state index contributed by atoms with van der Waals surface area (Å²) in [4.78, 5) is 15.4. The Bertz CT molecular complexity index is 432. The average Bonchev–Trinajstić information content (AvgIpc) is 2.31. The Morgan fingerprint density at radius 2 is 2.00 bits per heavy atom. The molecule has 1 rings (SSSR count). The van der Waals surface area contributed by atoms with E-state index in [-0.39, 0.29) is 39.0 Å². The minimum atomic E-state index is -0.840. The molecule has 5 nitrogen and oxygen atoms in total. The Hall–Kier alpha value is -1.30. The molecule has 0 spiro atoms. The summed E-state index contributed by atoms with van der Waals surface area (Å²) in [5, 5.41) is 21.9. The zero-order valence-corrected chi connectivity index (χ0v) is 12.4. The van der Waals surface area contributed by atoms with Crippen LogP contribution in [0.15, 0.2) is 29.3 Å². The normalized spacial score (nSPS) is 12.4. The van der Waals surface area contributed by atoms with Crippen LogP contribution in [0, 0.1) is 0 Å². The fourth-order valence-electron chi connectivity index (χ4n) is 1.42. The molecule has 7 heteroatoms. The van der Waals surface area contributed by atoms with Gasteiger partial charge in [0.15, 0.2) is 0 Å². The van der Waals surface area contributed by atoms with Gasteiger partial charge in [-0.2, -0.15) is 0 Å². The van der Waals surface area contributed by atoms with Crippen LogP contribution in [-0.4, -0.2) is 27.7 Å². The SMILES string of the molecule is C[Si]OC(=O)[C@H](Cc1ccc([O-])cc1)N=C(C)[O-].[Cu+2]. The van der Waals surface area contributed by atoms with Crippen LogP contribution in [0.1, 0.15) is 12.5 Å². The number of rotatable bonds is 5. The number of hydrogen-bond donors (Lipinski definition) is 0. The number of carbonyl (C=O) groups is 1. The summed E-state index contributed by atoms with van der Waals surface area (Å²) in [5.74, 6) is -1.04. The largest absolute Gasteiger partial charge is 2.00 e. The van der Waals surface area contributed by atoms with E-state index < -0.39 is 17.9 Å². The first-order valence-corrected chi connectivity index (χ1v) is 6.78. The molecule has 0 aliphatic rings. The molecule has 1 aromatic rings. The molecule has 0 bridgehead atoms. The number of nitrogens with zero attached hydrogens (tertiary/aromatic N) is 1. The van der Waals surface area contributed by atoms with Crippen LogP contribution < -0.4 is 10.2 Å². The minimum Gasteiger partial charge on any atom is -0.872 e. The van der Waals surface area contributed by atoms with Crippen LogP contribution in [0.4, 0.5) is 0 Å². The molecule has 0 amide bonds. The third kappa shape index (κ3) is 6.42. The van der Waals surface area contributed by atoms with Crippen molar-refractivity contribution >= 4 is 21.6 Å². The molecule has 0 aliphatic heterocycles. The molecule has 0 heterocycles. The third-order valence-corrected chi connectivity index (χ3v) is 2.57. The van der Waals surface area contributed by atoms with E-state index in [1.165, 1.54) is 19.1 Å². The first kappa shape index (κ1) is 17.7. The Morgan fingerprint density at radius 3 is 2.47 bits per heavy atom. The molecule has 0 aromatic heterocycles. The summed E-state index contributed by atoms with van der Waals surface area (Å²) in [6.45, 7) is 3.00. The van der Waals surface area contributed by atoms with Crippen molar-refractivity contribution in [1.82, 2.24) is 0 Å². The number of carbonyl (C=O) groups excluding carboxylic acids is 1. The average molecular weight is 327 g/mol. The van der Waals surface area contributed by atoms with E-state index in [2.05, 4.69) is 4.99 Å². The zero-order valence-electron chi connectivity index (χ0n) is 10.5. The number of aliphatic imine (C=N–C) groups is 1. The van der Waals surface area contributed by atoms with Gasteiger partial charge in [-0.15, -0.1) is 5.75 Å². The van der Waals surface area contributed by atoms with Gasteiger partial charge in [0.2, 0.25) is 0 Å². The van der Waals surface area contributed by atoms with Gasteiger partial charge < -0.3 is 14.6 Å². The van der Waals surface area contributed by atoms with Crippen molar-refractivity contribution < 1.29 is 36.5 Å². The predicted molar refractivity (Wildman–Crippen MR) is 64.2 cm³/mol. The van der Waals surface area contributed by atoms with Gasteiger partial charge in [-0.1, -0.05) is 24.3 Å². The second-order valence-corrected chi connectivity index (χ2v) is 4.25. The maximum atomic E-state index is 11.6. The second kappa shape index (κ2) is 8.74. The van der Waals surface area contributed by atoms with Gasteiger partial charge in [-0.25, -0.2) is 0 Å². The molecule has 0 aliphatic carbocycles. The fraction of sp³-hybridized carbons (Fsp3) is 0.333. The first-order chi connectivity index (χ1) is 8.52. The maximum Gasteiger partial charge on any atom is 2.00 e. The monoisotopic (exact) mass is 326 g/mol. The topological polar surface area (TPSA) is 84.8 Å². The van der Waals surface area contributed by atoms with E-state index in [0.717, 1.165) is 5.56 Å². The fourth-order valence-corrected chi connectivity index (χ4v) is 1.76. The van der Waals surface area contributed by atoms with Gasteiger partial charge in [-0.3, -0.25) is 9.79 Å². The third-order valence-electron chi connectivity index (χ3n) is 2.16. The van der Waals surface area contributed by atoms with Crippen molar-refractivity contribution in [1.29, 1.82) is 0 Å². The molecule has 0 saturated heterocycles. The molecule has 1 atom stereocenters. The zero-order chi connectivity index (χ0) is 13.5. The molecule has 19 heavy (non-hydrogen) atoms. The smallest absolute Gasteiger partial charge is 0.872 e. The summed E-state index contributed by atoms with van der Waals surface area (Å²) in [5.41, 5.74) is 0.765. The molecule has 0 saturated carbocycles. The van der Waals surface area contributed by atoms with Gasteiger partial charge in [-0.05, 0) is 24.9 Å². The summed E-state index contributed by atoms with van der Waals surface area (Å²) in [7, 11) is 0.0154. The van der Waals surface area contributed by atoms with E-state index in [1.54, 1.807) is 18.7 Å². The van der Waals surface area contributed by atoms with Crippen molar-refractivity contribution in [3.63, 3.8) is 0 Å². The van der Waals surface area contributed by atoms with Crippen LogP contribution in [-0.2, 0) is 32.7 Å². The van der Waals surface area contributed by atoms with E-state index >= 15 is 0 Å².